The van der Waals surface area contributed by atoms with E-state index in [0.29, 0.717) is 39.5 Å². The Morgan fingerprint density at radius 1 is 1.10 bits per heavy atom. The highest BCUT2D eigenvalue weighted by atomic mass is 32.1. The van der Waals surface area contributed by atoms with Gasteiger partial charge in [-0.25, -0.2) is 9.78 Å². The second-order valence-electron chi connectivity index (χ2n) is 9.59. The van der Waals surface area contributed by atoms with Crippen LogP contribution in [0.1, 0.15) is 80.9 Å². The van der Waals surface area contributed by atoms with E-state index in [-0.39, 0.29) is 28.5 Å². The van der Waals surface area contributed by atoms with E-state index < -0.39 is 17.9 Å². The largest absolute Gasteiger partial charge is 0.494 e. The zero-order valence-corrected chi connectivity index (χ0v) is 23.4. The van der Waals surface area contributed by atoms with Crippen LogP contribution in [0.5, 0.6) is 5.75 Å². The maximum atomic E-state index is 14.0. The average molecular weight is 547 g/mol. The van der Waals surface area contributed by atoms with Crippen molar-refractivity contribution in [2.45, 2.75) is 53.5 Å². The second kappa shape index (κ2) is 10.6. The number of aromatic nitrogens is 1. The van der Waals surface area contributed by atoms with Gasteiger partial charge in [0, 0.05) is 0 Å². The van der Waals surface area contributed by atoms with Gasteiger partial charge in [-0.3, -0.25) is 14.5 Å². The van der Waals surface area contributed by atoms with Crippen LogP contribution >= 0.6 is 11.3 Å². The van der Waals surface area contributed by atoms with Crippen molar-refractivity contribution in [1.29, 1.82) is 0 Å². The molecule has 8 nitrogen and oxygen atoms in total. The third kappa shape index (κ3) is 4.71. The number of hydrogen-bond donors (Lipinski definition) is 0. The lowest BCUT2D eigenvalue weighted by atomic mass is 9.97. The Morgan fingerprint density at radius 3 is 2.62 bits per heavy atom. The first kappa shape index (κ1) is 26.6. The van der Waals surface area contributed by atoms with Gasteiger partial charge in [-0.1, -0.05) is 36.8 Å². The van der Waals surface area contributed by atoms with Crippen molar-refractivity contribution < 1.29 is 23.5 Å². The van der Waals surface area contributed by atoms with Crippen LogP contribution in [-0.2, 0) is 4.74 Å². The number of esters is 1. The normalized spacial score (nSPS) is 14.6. The van der Waals surface area contributed by atoms with Crippen LogP contribution in [0.25, 0.3) is 11.0 Å². The summed E-state index contributed by atoms with van der Waals surface area (Å²) in [5, 5.41) is 0.694. The van der Waals surface area contributed by atoms with E-state index in [1.54, 1.807) is 26.0 Å². The number of rotatable bonds is 8. The molecule has 39 heavy (non-hydrogen) atoms. The molecule has 0 fully saturated rings. The second-order valence-corrected chi connectivity index (χ2v) is 10.6. The SMILES string of the molecule is CCCCOc1cccc(C2c3c(oc4cc(C)c(C)cc4c3=O)C(=O)N2c2nc(C)c(C(=O)OCC)s2)c1. The number of benzene rings is 2. The fourth-order valence-corrected chi connectivity index (χ4v) is 5.71. The molecule has 4 aromatic rings. The van der Waals surface area contributed by atoms with Gasteiger partial charge in [-0.05, 0) is 75.1 Å². The highest BCUT2D eigenvalue weighted by Gasteiger charge is 2.45. The monoisotopic (exact) mass is 546 g/mol. The Bertz CT molecular complexity index is 1650. The van der Waals surface area contributed by atoms with Crippen LogP contribution in [0, 0.1) is 20.8 Å². The molecule has 0 bridgehead atoms. The molecule has 0 N–H and O–H groups in total. The summed E-state index contributed by atoms with van der Waals surface area (Å²) < 4.78 is 17.3. The summed E-state index contributed by atoms with van der Waals surface area (Å²) in [6.45, 7) is 10.2. The summed E-state index contributed by atoms with van der Waals surface area (Å²) in [5.41, 5.74) is 3.36. The highest BCUT2D eigenvalue weighted by Crippen LogP contribution is 2.44. The minimum Gasteiger partial charge on any atom is -0.494 e. The summed E-state index contributed by atoms with van der Waals surface area (Å²) in [7, 11) is 0. The fraction of sp³-hybridized carbons (Fsp3) is 0.333. The minimum atomic E-state index is -0.815. The first-order valence-corrected chi connectivity index (χ1v) is 13.9. The number of nitrogens with zero attached hydrogens (tertiary/aromatic N) is 2. The molecule has 0 saturated heterocycles. The molecular formula is C30H30N2O6S. The summed E-state index contributed by atoms with van der Waals surface area (Å²) in [6, 6.07) is 10.2. The molecule has 3 heterocycles. The van der Waals surface area contributed by atoms with Crippen LogP contribution in [-0.4, -0.2) is 30.1 Å². The van der Waals surface area contributed by atoms with E-state index in [1.165, 1.54) is 4.90 Å². The molecule has 202 valence electrons. The van der Waals surface area contributed by atoms with Gasteiger partial charge in [0.1, 0.15) is 16.2 Å². The lowest BCUT2D eigenvalue weighted by molar-refractivity contribution is 0.0531. The summed E-state index contributed by atoms with van der Waals surface area (Å²) in [5.74, 6) is -0.380. The molecule has 9 heteroatoms. The van der Waals surface area contributed by atoms with Crippen LogP contribution in [0.4, 0.5) is 5.13 Å². The van der Waals surface area contributed by atoms with Crippen molar-refractivity contribution in [3.63, 3.8) is 0 Å². The molecule has 0 saturated carbocycles. The molecule has 5 rings (SSSR count). The Morgan fingerprint density at radius 2 is 1.87 bits per heavy atom. The topological polar surface area (TPSA) is 98.9 Å². The summed E-state index contributed by atoms with van der Waals surface area (Å²) in [4.78, 5) is 46.8. The average Bonchev–Trinajstić information content (AvgIpc) is 3.43. The van der Waals surface area contributed by atoms with E-state index in [0.717, 1.165) is 35.3 Å². The van der Waals surface area contributed by atoms with Gasteiger partial charge in [0.15, 0.2) is 10.6 Å². The molecule has 0 spiro atoms. The lowest BCUT2D eigenvalue weighted by Gasteiger charge is -2.23. The van der Waals surface area contributed by atoms with Crippen molar-refractivity contribution in [3.8, 4) is 5.75 Å². The molecule has 0 aliphatic carbocycles. The van der Waals surface area contributed by atoms with Crippen LogP contribution in [0.2, 0.25) is 0 Å². The van der Waals surface area contributed by atoms with Gasteiger partial charge in [0.25, 0.3) is 5.91 Å². The van der Waals surface area contributed by atoms with Gasteiger partial charge < -0.3 is 13.9 Å². The molecule has 1 aliphatic rings. The minimum absolute atomic E-state index is 0.0244. The third-order valence-corrected chi connectivity index (χ3v) is 8.02. The van der Waals surface area contributed by atoms with Crippen molar-refractivity contribution in [3.05, 3.63) is 85.2 Å². The Balaban J connectivity index is 1.71. The molecule has 2 aromatic carbocycles. The summed E-state index contributed by atoms with van der Waals surface area (Å²) >= 11 is 1.06. The lowest BCUT2D eigenvalue weighted by Crippen LogP contribution is -2.29. The molecule has 1 atom stereocenters. The number of thiazole rings is 1. The predicted molar refractivity (Wildman–Crippen MR) is 150 cm³/mol. The van der Waals surface area contributed by atoms with Crippen molar-refractivity contribution in [2.24, 2.45) is 0 Å². The van der Waals surface area contributed by atoms with Crippen molar-refractivity contribution in [2.75, 3.05) is 18.1 Å². The molecule has 2 aromatic heterocycles. The number of carbonyl (C=O) groups is 2. The number of amides is 1. The number of unbranched alkanes of at least 4 members (excludes halogenated alkanes) is 1. The van der Waals surface area contributed by atoms with Gasteiger partial charge >= 0.3 is 5.97 Å². The van der Waals surface area contributed by atoms with Crippen LogP contribution in [0.3, 0.4) is 0 Å². The summed E-state index contributed by atoms with van der Waals surface area (Å²) in [6.07, 6.45) is 1.90. The van der Waals surface area contributed by atoms with E-state index in [4.69, 9.17) is 13.9 Å². The zero-order chi connectivity index (χ0) is 27.8. The van der Waals surface area contributed by atoms with E-state index in [2.05, 4.69) is 11.9 Å². The Hall–Kier alpha value is -3.98. The van der Waals surface area contributed by atoms with Gasteiger partial charge in [-0.15, -0.1) is 0 Å². The first-order valence-electron chi connectivity index (χ1n) is 13.0. The predicted octanol–water partition coefficient (Wildman–Crippen LogP) is 6.28. The number of carbonyl (C=O) groups excluding carboxylic acids is 2. The number of fused-ring (bicyclic) bond motifs is 2. The molecular weight excluding hydrogens is 516 g/mol. The molecule has 0 radical (unpaired) electrons. The number of ether oxygens (including phenoxy) is 2. The maximum absolute atomic E-state index is 14.0. The Kier molecular flexibility index (Phi) is 7.27. The Labute approximate surface area is 230 Å². The van der Waals surface area contributed by atoms with Crippen LogP contribution < -0.4 is 15.1 Å². The third-order valence-electron chi connectivity index (χ3n) is 6.88. The van der Waals surface area contributed by atoms with Crippen molar-refractivity contribution >= 4 is 39.3 Å². The van der Waals surface area contributed by atoms with Crippen molar-refractivity contribution in [1.82, 2.24) is 4.98 Å². The smallest absolute Gasteiger partial charge is 0.350 e. The van der Waals surface area contributed by atoms with E-state index in [9.17, 15) is 14.4 Å². The highest BCUT2D eigenvalue weighted by molar-refractivity contribution is 7.17. The van der Waals surface area contributed by atoms with E-state index in [1.807, 2.05) is 38.1 Å². The van der Waals surface area contributed by atoms with E-state index >= 15 is 0 Å². The fourth-order valence-electron chi connectivity index (χ4n) is 4.72. The molecule has 1 unspecified atom stereocenters. The quantitative estimate of drug-likeness (QED) is 0.189. The van der Waals surface area contributed by atoms with Gasteiger partial charge in [0.05, 0.1) is 35.9 Å². The first-order chi connectivity index (χ1) is 18.7. The number of aryl methyl sites for hydroxylation is 3. The number of hydrogen-bond acceptors (Lipinski definition) is 8. The zero-order valence-electron chi connectivity index (χ0n) is 22.6. The molecule has 1 amide bonds. The van der Waals surface area contributed by atoms with Gasteiger partial charge in [-0.2, -0.15) is 0 Å². The van der Waals surface area contributed by atoms with Gasteiger partial charge in [0.2, 0.25) is 5.76 Å². The maximum Gasteiger partial charge on any atom is 0.350 e. The molecule has 1 aliphatic heterocycles. The van der Waals surface area contributed by atoms with Crippen LogP contribution in [0.15, 0.2) is 45.6 Å². The number of anilines is 1. The standard InChI is InChI=1S/C30H30N2O6S/c1-6-8-12-37-20-11-9-10-19(15-20)24-23-25(33)21-13-16(3)17(4)14-22(21)38-26(23)28(34)32(24)30-31-18(5)27(39-30)29(35)36-7-2/h9-11,13-15,24H,6-8,12H2,1-5H3.